The van der Waals surface area contributed by atoms with Gasteiger partial charge < -0.3 is 0 Å². The topological polar surface area (TPSA) is 0 Å². The molecule has 0 aliphatic heterocycles. The average molecular weight is 565 g/mol. The van der Waals surface area contributed by atoms with Crippen molar-refractivity contribution in [3.63, 3.8) is 0 Å². The van der Waals surface area contributed by atoms with E-state index in [4.69, 9.17) is 0 Å². The van der Waals surface area contributed by atoms with Crippen molar-refractivity contribution in [2.75, 3.05) is 4.95 Å². The Morgan fingerprint density at radius 3 is 1.34 bits per heavy atom. The Balaban J connectivity index is 1.68. The summed E-state index contributed by atoms with van der Waals surface area (Å²) in [4.78, 5) is 1.83. The molecule has 6 atom stereocenters. The quantitative estimate of drug-likeness (QED) is 0.203. The van der Waals surface area contributed by atoms with Gasteiger partial charge in [0.2, 0.25) is 0 Å². The molecule has 0 aromatic heterocycles. The summed E-state index contributed by atoms with van der Waals surface area (Å²) in [6.07, 6.45) is 25.3. The first kappa shape index (κ1) is 29.0. The zero-order valence-corrected chi connectivity index (χ0v) is 27.5. The number of hydrogen-bond donors (Lipinski definition) is 0. The van der Waals surface area contributed by atoms with Crippen LogP contribution in [0.15, 0.2) is 0 Å². The second-order valence-electron chi connectivity index (χ2n) is 14.5. The molecule has 4 aliphatic rings. The van der Waals surface area contributed by atoms with Crippen LogP contribution in [0.2, 0.25) is 9.41 Å². The fourth-order valence-electron chi connectivity index (χ4n) is 9.07. The van der Waals surface area contributed by atoms with Crippen molar-refractivity contribution in [3.05, 3.63) is 0 Å². The van der Waals surface area contributed by atoms with Crippen LogP contribution in [-0.4, -0.2) is 30.9 Å². The first-order chi connectivity index (χ1) is 16.8. The zero-order chi connectivity index (χ0) is 24.9. The van der Waals surface area contributed by atoms with Gasteiger partial charge in [-0.3, -0.25) is 0 Å². The molecule has 204 valence electrons. The molecule has 4 saturated carbocycles. The Morgan fingerprint density at radius 2 is 0.971 bits per heavy atom. The molecule has 35 heavy (non-hydrogen) atoms. The molecule has 0 nitrogen and oxygen atoms in total. The molecule has 4 fully saturated rings. The summed E-state index contributed by atoms with van der Waals surface area (Å²) < 4.78 is 2.45. The van der Waals surface area contributed by atoms with Gasteiger partial charge in [-0.2, -0.15) is 0 Å². The van der Waals surface area contributed by atoms with Crippen LogP contribution in [0.1, 0.15) is 144 Å². The van der Waals surface area contributed by atoms with Crippen LogP contribution in [-0.2, 0) is 0 Å². The second-order valence-corrected chi connectivity index (χ2v) is 24.2. The van der Waals surface area contributed by atoms with Gasteiger partial charge in [0, 0.05) is 0 Å². The summed E-state index contributed by atoms with van der Waals surface area (Å²) in [6, 6.07) is 0. The third kappa shape index (κ3) is 7.56. The molecular weight excluding hydrogens is 502 g/mol. The summed E-state index contributed by atoms with van der Waals surface area (Å²) >= 11 is -0.816. The van der Waals surface area contributed by atoms with E-state index in [1.165, 1.54) is 22.3 Å². The predicted octanol–water partition coefficient (Wildman–Crippen LogP) is 11.1. The van der Waals surface area contributed by atoms with Gasteiger partial charge in [-0.05, 0) is 0 Å². The average Bonchev–Trinajstić information content (AvgIpc) is 2.85. The monoisotopic (exact) mass is 564 g/mol. The van der Waals surface area contributed by atoms with Crippen LogP contribution in [0.4, 0.5) is 0 Å². The van der Waals surface area contributed by atoms with E-state index in [2.05, 4.69) is 41.5 Å². The first-order valence-electron chi connectivity index (χ1n) is 16.4. The molecule has 0 bridgehead atoms. The predicted molar refractivity (Wildman–Crippen MR) is 161 cm³/mol. The maximum atomic E-state index is 2.62. The van der Waals surface area contributed by atoms with Gasteiger partial charge in [-0.1, -0.05) is 0 Å². The molecular formula is C33H62AsP. The Hall–Kier alpha value is 0.988. The Bertz CT molecular complexity index is 554. The SMILES string of the molecule is CC(C)[C@@H]1CC[C@@H](C)C[C@H]1P(C[As](C1CCCCC1)C1CCCCC1)[C@@H]1C[C@H](C)CC[C@H]1C(C)C. The molecule has 0 heterocycles. The van der Waals surface area contributed by atoms with Crippen molar-refractivity contribution >= 4 is 22.6 Å². The summed E-state index contributed by atoms with van der Waals surface area (Å²) in [5.74, 6) is 5.86. The Kier molecular flexibility index (Phi) is 11.5. The van der Waals surface area contributed by atoms with Gasteiger partial charge in [0.15, 0.2) is 0 Å². The van der Waals surface area contributed by atoms with Crippen LogP contribution in [0.3, 0.4) is 0 Å². The third-order valence-electron chi connectivity index (χ3n) is 11.2. The van der Waals surface area contributed by atoms with Gasteiger partial charge in [0.25, 0.3) is 0 Å². The molecule has 0 aromatic rings. The molecule has 0 N–H and O–H groups in total. The molecule has 2 heteroatoms. The van der Waals surface area contributed by atoms with Crippen LogP contribution in [0, 0.1) is 35.5 Å². The summed E-state index contributed by atoms with van der Waals surface area (Å²) in [5, 5.41) is 0. The van der Waals surface area contributed by atoms with Gasteiger partial charge in [0.1, 0.15) is 0 Å². The van der Waals surface area contributed by atoms with Gasteiger partial charge in [0.05, 0.1) is 0 Å². The minimum absolute atomic E-state index is 0.182. The van der Waals surface area contributed by atoms with Crippen LogP contribution >= 0.6 is 7.92 Å². The van der Waals surface area contributed by atoms with Crippen LogP contribution in [0.5, 0.6) is 0 Å². The van der Waals surface area contributed by atoms with Crippen molar-refractivity contribution < 1.29 is 0 Å². The fourth-order valence-corrected chi connectivity index (χ4v) is 27.5. The van der Waals surface area contributed by atoms with Crippen molar-refractivity contribution in [3.8, 4) is 0 Å². The van der Waals surface area contributed by atoms with E-state index in [1.54, 1.807) is 89.9 Å². The van der Waals surface area contributed by atoms with Crippen molar-refractivity contribution in [2.24, 2.45) is 35.5 Å². The van der Waals surface area contributed by atoms with Gasteiger partial charge in [-0.25, -0.2) is 0 Å². The number of rotatable bonds is 8. The molecule has 0 aromatic carbocycles. The van der Waals surface area contributed by atoms with E-state index >= 15 is 0 Å². The Morgan fingerprint density at radius 1 is 0.571 bits per heavy atom. The molecule has 0 saturated heterocycles. The van der Waals surface area contributed by atoms with E-state index in [9.17, 15) is 0 Å². The maximum absolute atomic E-state index is 2.62. The van der Waals surface area contributed by atoms with Crippen molar-refractivity contribution in [1.29, 1.82) is 0 Å². The fraction of sp³-hybridized carbons (Fsp3) is 1.00. The molecule has 0 unspecified atom stereocenters. The normalized spacial score (nSPS) is 36.5. The summed E-state index contributed by atoms with van der Waals surface area (Å²) in [5.41, 5.74) is 2.21. The van der Waals surface area contributed by atoms with Crippen molar-refractivity contribution in [2.45, 2.75) is 165 Å². The molecule has 4 aliphatic carbocycles. The summed E-state index contributed by atoms with van der Waals surface area (Å²) in [6.45, 7) is 15.6. The van der Waals surface area contributed by atoms with E-state index in [1.807, 2.05) is 4.95 Å². The molecule has 0 radical (unpaired) electrons. The van der Waals surface area contributed by atoms with Crippen molar-refractivity contribution in [1.82, 2.24) is 0 Å². The van der Waals surface area contributed by atoms with Crippen LogP contribution in [0.25, 0.3) is 0 Å². The standard InChI is InChI=1S/C33H62AsP/c1-24(2)30-19-17-26(5)21-32(30)35(33-22-27(6)18-20-31(33)25(3)4)23-34(28-13-9-7-10-14-28)29-15-11-8-12-16-29/h24-33H,7-23H2,1-6H3/t26-,27-,30+,31+,32-,33-/m1/s1. The molecule has 0 spiro atoms. The van der Waals surface area contributed by atoms with E-state index in [0.29, 0.717) is 0 Å². The first-order valence-corrected chi connectivity index (χ1v) is 21.5. The van der Waals surface area contributed by atoms with E-state index in [-0.39, 0.29) is 7.92 Å². The molecule has 4 rings (SSSR count). The van der Waals surface area contributed by atoms with E-state index < -0.39 is 14.7 Å². The second kappa shape index (κ2) is 13.9. The van der Waals surface area contributed by atoms with Gasteiger partial charge in [-0.15, -0.1) is 0 Å². The Labute approximate surface area is 227 Å². The van der Waals surface area contributed by atoms with Gasteiger partial charge >= 0.3 is 228 Å². The summed E-state index contributed by atoms with van der Waals surface area (Å²) in [7, 11) is 0.182. The van der Waals surface area contributed by atoms with E-state index in [0.717, 1.165) is 46.8 Å². The van der Waals surface area contributed by atoms with Crippen LogP contribution < -0.4 is 0 Å². The third-order valence-corrected chi connectivity index (χ3v) is 25.0. The number of hydrogen-bond acceptors (Lipinski definition) is 0. The minimum atomic E-state index is -0.816. The zero-order valence-electron chi connectivity index (χ0n) is 24.7. The molecule has 0 amide bonds.